The molecule has 0 aromatic heterocycles. The van der Waals surface area contributed by atoms with Gasteiger partial charge in [-0.25, -0.2) is 0 Å². The van der Waals surface area contributed by atoms with Crippen LogP contribution in [0.1, 0.15) is 17.2 Å². The average Bonchev–Trinajstić information content (AvgIpc) is 2.53. The second kappa shape index (κ2) is 5.28. The molecule has 1 aliphatic heterocycles. The molecule has 2 aromatic carbocycles. The number of nitrogens with zero attached hydrogens (tertiary/aromatic N) is 1. The third-order valence-electron chi connectivity index (χ3n) is 3.37. The van der Waals surface area contributed by atoms with Gasteiger partial charge in [0.15, 0.2) is 0 Å². The monoisotopic (exact) mass is 283 g/mol. The topological polar surface area (TPSA) is 61.6 Å². The van der Waals surface area contributed by atoms with Gasteiger partial charge in [-0.1, -0.05) is 30.3 Å². The zero-order valence-corrected chi connectivity index (χ0v) is 11.4. The lowest BCUT2D eigenvalue weighted by atomic mass is 10.0. The van der Waals surface area contributed by atoms with Gasteiger partial charge in [0.25, 0.3) is 5.70 Å². The van der Waals surface area contributed by atoms with Crippen molar-refractivity contribution >= 4 is 6.08 Å². The largest absolute Gasteiger partial charge is 0.497 e. The van der Waals surface area contributed by atoms with E-state index in [2.05, 4.69) is 0 Å². The molecule has 0 aliphatic carbocycles. The minimum atomic E-state index is -0.721. The van der Waals surface area contributed by atoms with Crippen molar-refractivity contribution in [3.8, 4) is 11.5 Å². The van der Waals surface area contributed by atoms with Gasteiger partial charge in [0.2, 0.25) is 6.10 Å². The standard InChI is InChI=1S/C16H13NO4/c1-20-13-8-6-11(7-9-13)16-14(17(18)19)10-12-4-2-3-5-15(12)21-16/h2-10,16H,1H3. The molecule has 0 fully saturated rings. The third kappa shape index (κ3) is 2.45. The maximum Gasteiger partial charge on any atom is 0.291 e. The van der Waals surface area contributed by atoms with E-state index < -0.39 is 11.0 Å². The quantitative estimate of drug-likeness (QED) is 0.639. The van der Waals surface area contributed by atoms with E-state index in [-0.39, 0.29) is 5.70 Å². The molecule has 1 unspecified atom stereocenters. The molecule has 0 spiro atoms. The Balaban J connectivity index is 2.03. The second-order valence-electron chi connectivity index (χ2n) is 4.64. The van der Waals surface area contributed by atoms with Crippen LogP contribution in [0, 0.1) is 10.1 Å². The van der Waals surface area contributed by atoms with Crippen molar-refractivity contribution in [3.63, 3.8) is 0 Å². The number of rotatable bonds is 3. The van der Waals surface area contributed by atoms with E-state index in [0.29, 0.717) is 22.6 Å². The zero-order valence-electron chi connectivity index (χ0n) is 11.4. The fraction of sp³-hybridized carbons (Fsp3) is 0.125. The summed E-state index contributed by atoms with van der Waals surface area (Å²) in [6.45, 7) is 0. The molecule has 5 heteroatoms. The van der Waals surface area contributed by atoms with Crippen molar-refractivity contribution in [2.75, 3.05) is 7.11 Å². The number of hydrogen-bond donors (Lipinski definition) is 0. The number of nitro groups is 1. The predicted octanol–water partition coefficient (Wildman–Crippen LogP) is 3.45. The van der Waals surface area contributed by atoms with Gasteiger partial charge in [-0.05, 0) is 18.2 Å². The lowest BCUT2D eigenvalue weighted by Crippen LogP contribution is -2.19. The maximum absolute atomic E-state index is 11.3. The Kier molecular flexibility index (Phi) is 3.31. The maximum atomic E-state index is 11.3. The number of fused-ring (bicyclic) bond motifs is 1. The Morgan fingerprint density at radius 2 is 1.86 bits per heavy atom. The number of hydrogen-bond acceptors (Lipinski definition) is 4. The summed E-state index contributed by atoms with van der Waals surface area (Å²) in [5, 5.41) is 11.3. The molecule has 0 N–H and O–H groups in total. The fourth-order valence-corrected chi connectivity index (χ4v) is 2.30. The number of methoxy groups -OCH3 is 1. The normalized spacial score (nSPS) is 16.4. The summed E-state index contributed by atoms with van der Waals surface area (Å²) < 4.78 is 10.9. The summed E-state index contributed by atoms with van der Waals surface area (Å²) in [4.78, 5) is 10.9. The van der Waals surface area contributed by atoms with Gasteiger partial charge >= 0.3 is 0 Å². The molecule has 2 aromatic rings. The Morgan fingerprint density at radius 1 is 1.14 bits per heavy atom. The van der Waals surface area contributed by atoms with Gasteiger partial charge in [0, 0.05) is 17.2 Å². The van der Waals surface area contributed by atoms with Gasteiger partial charge < -0.3 is 9.47 Å². The van der Waals surface area contributed by atoms with Crippen LogP contribution in [0.15, 0.2) is 54.2 Å². The van der Waals surface area contributed by atoms with E-state index in [9.17, 15) is 10.1 Å². The van der Waals surface area contributed by atoms with E-state index in [0.717, 1.165) is 0 Å². The predicted molar refractivity (Wildman–Crippen MR) is 77.8 cm³/mol. The lowest BCUT2D eigenvalue weighted by molar-refractivity contribution is -0.434. The highest BCUT2D eigenvalue weighted by Crippen LogP contribution is 2.37. The molecule has 1 atom stereocenters. The van der Waals surface area contributed by atoms with Crippen molar-refractivity contribution < 1.29 is 14.4 Å². The molecule has 5 nitrogen and oxygen atoms in total. The summed E-state index contributed by atoms with van der Waals surface area (Å²) in [5.74, 6) is 1.34. The summed E-state index contributed by atoms with van der Waals surface area (Å²) in [7, 11) is 1.57. The molecule has 0 saturated carbocycles. The van der Waals surface area contributed by atoms with Crippen LogP contribution in [-0.2, 0) is 0 Å². The van der Waals surface area contributed by atoms with Crippen LogP contribution >= 0.6 is 0 Å². The first kappa shape index (κ1) is 13.2. The summed E-state index contributed by atoms with van der Waals surface area (Å²) in [6.07, 6.45) is 0.842. The molecule has 0 bridgehead atoms. The molecule has 21 heavy (non-hydrogen) atoms. The molecule has 3 rings (SSSR count). The number of benzene rings is 2. The summed E-state index contributed by atoms with van der Waals surface area (Å²) >= 11 is 0. The van der Waals surface area contributed by atoms with E-state index in [4.69, 9.17) is 9.47 Å². The molecule has 106 valence electrons. The molecule has 0 amide bonds. The Morgan fingerprint density at radius 3 is 2.52 bits per heavy atom. The molecule has 1 aliphatic rings. The van der Waals surface area contributed by atoms with Gasteiger partial charge in [0.05, 0.1) is 12.0 Å². The van der Waals surface area contributed by atoms with E-state index in [1.165, 1.54) is 0 Å². The molecule has 1 heterocycles. The SMILES string of the molecule is COc1ccc(C2Oc3ccccc3C=C2[N+](=O)[O-])cc1. The number of ether oxygens (including phenoxy) is 2. The van der Waals surface area contributed by atoms with Crippen LogP contribution < -0.4 is 9.47 Å². The van der Waals surface area contributed by atoms with Crippen molar-refractivity contribution in [3.05, 3.63) is 75.5 Å². The Hall–Kier alpha value is -2.82. The zero-order chi connectivity index (χ0) is 14.8. The first-order valence-corrected chi connectivity index (χ1v) is 6.44. The summed E-state index contributed by atoms with van der Waals surface area (Å²) in [6, 6.07) is 14.3. The smallest absolute Gasteiger partial charge is 0.291 e. The van der Waals surface area contributed by atoms with Crippen molar-refractivity contribution in [1.82, 2.24) is 0 Å². The molecule has 0 radical (unpaired) electrons. The molecular weight excluding hydrogens is 270 g/mol. The van der Waals surface area contributed by atoms with Crippen molar-refractivity contribution in [2.45, 2.75) is 6.10 Å². The first-order valence-electron chi connectivity index (χ1n) is 6.44. The number of para-hydroxylation sites is 1. The summed E-state index contributed by atoms with van der Waals surface area (Å²) in [5.41, 5.74) is 1.46. The van der Waals surface area contributed by atoms with Crippen LogP contribution in [0.4, 0.5) is 0 Å². The highest BCUT2D eigenvalue weighted by Gasteiger charge is 2.32. The minimum Gasteiger partial charge on any atom is -0.497 e. The Labute approximate surface area is 121 Å². The van der Waals surface area contributed by atoms with Crippen LogP contribution in [0.3, 0.4) is 0 Å². The van der Waals surface area contributed by atoms with Crippen LogP contribution in [0.2, 0.25) is 0 Å². The van der Waals surface area contributed by atoms with Crippen molar-refractivity contribution in [1.29, 1.82) is 0 Å². The molecule has 0 saturated heterocycles. The van der Waals surface area contributed by atoms with E-state index in [1.54, 1.807) is 49.6 Å². The Bertz CT molecular complexity index is 706. The van der Waals surface area contributed by atoms with Gasteiger partial charge in [-0.3, -0.25) is 10.1 Å². The second-order valence-corrected chi connectivity index (χ2v) is 4.64. The minimum absolute atomic E-state index is 0.0267. The van der Waals surface area contributed by atoms with Gasteiger partial charge in [-0.15, -0.1) is 0 Å². The van der Waals surface area contributed by atoms with Crippen LogP contribution in [0.5, 0.6) is 11.5 Å². The van der Waals surface area contributed by atoms with Gasteiger partial charge in [0.1, 0.15) is 11.5 Å². The molecular formula is C16H13NO4. The van der Waals surface area contributed by atoms with Crippen LogP contribution in [0.25, 0.3) is 6.08 Å². The lowest BCUT2D eigenvalue weighted by Gasteiger charge is -2.22. The van der Waals surface area contributed by atoms with Gasteiger partial charge in [-0.2, -0.15) is 0 Å². The van der Waals surface area contributed by atoms with Crippen molar-refractivity contribution in [2.24, 2.45) is 0 Å². The van der Waals surface area contributed by atoms with E-state index >= 15 is 0 Å². The van der Waals surface area contributed by atoms with E-state index in [1.807, 2.05) is 12.1 Å². The first-order chi connectivity index (χ1) is 10.2. The van der Waals surface area contributed by atoms with Crippen LogP contribution in [-0.4, -0.2) is 12.0 Å². The highest BCUT2D eigenvalue weighted by atomic mass is 16.6. The fourth-order valence-electron chi connectivity index (χ4n) is 2.30. The highest BCUT2D eigenvalue weighted by molar-refractivity contribution is 5.62. The average molecular weight is 283 g/mol. The third-order valence-corrected chi connectivity index (χ3v) is 3.37.